The molecule has 3 aromatic carbocycles. The molecule has 0 unspecified atom stereocenters. The number of thiophene rings is 1. The Bertz CT molecular complexity index is 1510. The number of rotatable bonds is 5. The van der Waals surface area contributed by atoms with Gasteiger partial charge in [-0.1, -0.05) is 73.7 Å². The van der Waals surface area contributed by atoms with E-state index in [1.54, 1.807) is 11.3 Å². The second-order valence-corrected chi connectivity index (χ2v) is 10.9. The number of ether oxygens (including phenoxy) is 1. The van der Waals surface area contributed by atoms with Gasteiger partial charge < -0.3 is 4.74 Å². The Kier molecular flexibility index (Phi) is 6.35. The molecule has 5 nitrogen and oxygen atoms in total. The van der Waals surface area contributed by atoms with Crippen molar-refractivity contribution in [1.29, 1.82) is 0 Å². The molecule has 0 fully saturated rings. The van der Waals surface area contributed by atoms with E-state index in [2.05, 4.69) is 37.3 Å². The first-order valence-electron chi connectivity index (χ1n) is 12.8. The second-order valence-electron chi connectivity index (χ2n) is 9.95. The van der Waals surface area contributed by atoms with E-state index >= 15 is 0 Å². The van der Waals surface area contributed by atoms with Crippen LogP contribution in [-0.4, -0.2) is 29.2 Å². The summed E-state index contributed by atoms with van der Waals surface area (Å²) in [5.74, 6) is -0.110. The first kappa shape index (κ1) is 23.6. The molecule has 0 N–H and O–H groups in total. The normalized spacial score (nSPS) is 18.9. The van der Waals surface area contributed by atoms with Crippen molar-refractivity contribution in [3.63, 3.8) is 0 Å². The molecule has 4 aromatic rings. The maximum absolute atomic E-state index is 13.4. The van der Waals surface area contributed by atoms with E-state index in [9.17, 15) is 9.59 Å². The van der Waals surface area contributed by atoms with Gasteiger partial charge in [-0.2, -0.15) is 5.10 Å². The SMILES string of the molecule is C[C@@H]1CCc2c(C(=O)OCC(=O)N3N=C(c4ccc5ccccc5c4)C[C@H]3c3ccccc3)csc2C1. The van der Waals surface area contributed by atoms with Gasteiger partial charge in [-0.15, -0.1) is 11.3 Å². The van der Waals surface area contributed by atoms with Crippen LogP contribution in [0.2, 0.25) is 0 Å². The van der Waals surface area contributed by atoms with E-state index in [0.717, 1.165) is 52.4 Å². The zero-order valence-corrected chi connectivity index (χ0v) is 21.5. The predicted octanol–water partition coefficient (Wildman–Crippen LogP) is 6.56. The van der Waals surface area contributed by atoms with E-state index in [1.165, 1.54) is 9.89 Å². The van der Waals surface area contributed by atoms with E-state index in [-0.39, 0.29) is 18.6 Å². The number of nitrogens with zero attached hydrogens (tertiary/aromatic N) is 2. The molecule has 0 saturated carbocycles. The van der Waals surface area contributed by atoms with Gasteiger partial charge in [0, 0.05) is 16.7 Å². The van der Waals surface area contributed by atoms with E-state index in [4.69, 9.17) is 9.84 Å². The Hall–Kier alpha value is -3.77. The van der Waals surface area contributed by atoms with Gasteiger partial charge in [-0.3, -0.25) is 4.79 Å². The fourth-order valence-corrected chi connectivity index (χ4v) is 6.57. The first-order chi connectivity index (χ1) is 18.1. The number of esters is 1. The van der Waals surface area contributed by atoms with Crippen LogP contribution in [0.4, 0.5) is 0 Å². The molecule has 1 aromatic heterocycles. The summed E-state index contributed by atoms with van der Waals surface area (Å²) in [6, 6.07) is 24.1. The van der Waals surface area contributed by atoms with Crippen molar-refractivity contribution in [2.24, 2.45) is 11.0 Å². The fourth-order valence-electron chi connectivity index (χ4n) is 5.34. The number of hydrogen-bond acceptors (Lipinski definition) is 5. The maximum Gasteiger partial charge on any atom is 0.339 e. The molecule has 0 bridgehead atoms. The summed E-state index contributed by atoms with van der Waals surface area (Å²) in [7, 11) is 0. The van der Waals surface area contributed by atoms with Crippen molar-refractivity contribution in [3.8, 4) is 0 Å². The molecular formula is C31H28N2O3S. The topological polar surface area (TPSA) is 59.0 Å². The van der Waals surface area contributed by atoms with Crippen molar-refractivity contribution < 1.29 is 14.3 Å². The zero-order valence-electron chi connectivity index (χ0n) is 20.7. The standard InChI is InChI=1S/C31H28N2O3S/c1-20-11-14-25-26(19-37-29(25)15-20)31(35)36-18-30(34)33-28(22-8-3-2-4-9-22)17-27(32-33)24-13-12-21-7-5-6-10-23(21)16-24/h2-10,12-13,16,19-20,28H,11,14-15,17-18H2,1H3/t20-,28+/m1/s1. The highest BCUT2D eigenvalue weighted by atomic mass is 32.1. The molecule has 2 aliphatic rings. The summed E-state index contributed by atoms with van der Waals surface area (Å²) in [5, 5.41) is 10.4. The summed E-state index contributed by atoms with van der Waals surface area (Å²) < 4.78 is 5.54. The highest BCUT2D eigenvalue weighted by Crippen LogP contribution is 2.35. The smallest absolute Gasteiger partial charge is 0.339 e. The predicted molar refractivity (Wildman–Crippen MR) is 147 cm³/mol. The van der Waals surface area contributed by atoms with Crippen LogP contribution in [0, 0.1) is 5.92 Å². The minimum absolute atomic E-state index is 0.246. The Morgan fingerprint density at radius 2 is 1.78 bits per heavy atom. The van der Waals surface area contributed by atoms with Gasteiger partial charge in [0.05, 0.1) is 17.3 Å². The van der Waals surface area contributed by atoms with Crippen molar-refractivity contribution in [1.82, 2.24) is 5.01 Å². The average molecular weight is 509 g/mol. The molecule has 1 amide bonds. The molecule has 1 aliphatic heterocycles. The molecule has 0 spiro atoms. The maximum atomic E-state index is 13.4. The van der Waals surface area contributed by atoms with Crippen molar-refractivity contribution in [2.45, 2.75) is 38.6 Å². The second kappa shape index (κ2) is 9.94. The molecule has 1 aliphatic carbocycles. The molecule has 2 heterocycles. The van der Waals surface area contributed by atoms with Crippen LogP contribution in [0.5, 0.6) is 0 Å². The lowest BCUT2D eigenvalue weighted by atomic mass is 9.88. The van der Waals surface area contributed by atoms with Crippen molar-refractivity contribution in [2.75, 3.05) is 6.61 Å². The Labute approximate surface area is 220 Å². The summed E-state index contributed by atoms with van der Waals surface area (Å²) in [6.45, 7) is 1.91. The van der Waals surface area contributed by atoms with Crippen LogP contribution in [0.1, 0.15) is 57.7 Å². The average Bonchev–Trinajstić information content (AvgIpc) is 3.57. The molecule has 6 heteroatoms. The summed E-state index contributed by atoms with van der Waals surface area (Å²) in [5.41, 5.74) is 4.55. The van der Waals surface area contributed by atoms with Gasteiger partial charge in [0.2, 0.25) is 0 Å². The highest BCUT2D eigenvalue weighted by Gasteiger charge is 2.34. The molecule has 2 atom stereocenters. The molecule has 186 valence electrons. The number of hydrogen-bond donors (Lipinski definition) is 0. The van der Waals surface area contributed by atoms with E-state index in [0.29, 0.717) is 17.9 Å². The number of hydrazone groups is 1. The molecule has 37 heavy (non-hydrogen) atoms. The van der Waals surface area contributed by atoms with Crippen molar-refractivity contribution in [3.05, 3.63) is 105 Å². The van der Waals surface area contributed by atoms with Gasteiger partial charge in [0.1, 0.15) is 0 Å². The van der Waals surface area contributed by atoms with E-state index < -0.39 is 5.97 Å². The van der Waals surface area contributed by atoms with Crippen LogP contribution < -0.4 is 0 Å². The lowest BCUT2D eigenvalue weighted by Crippen LogP contribution is -2.31. The fraction of sp³-hybridized carbons (Fsp3) is 0.258. The Balaban J connectivity index is 1.23. The number of benzene rings is 3. The Morgan fingerprint density at radius 3 is 2.62 bits per heavy atom. The van der Waals surface area contributed by atoms with Gasteiger partial charge >= 0.3 is 5.97 Å². The summed E-state index contributed by atoms with van der Waals surface area (Å²) in [4.78, 5) is 27.6. The van der Waals surface area contributed by atoms with Gasteiger partial charge in [0.15, 0.2) is 6.61 Å². The van der Waals surface area contributed by atoms with Crippen LogP contribution in [0.15, 0.2) is 83.3 Å². The highest BCUT2D eigenvalue weighted by molar-refractivity contribution is 7.10. The minimum Gasteiger partial charge on any atom is -0.452 e. The van der Waals surface area contributed by atoms with E-state index in [1.807, 2.05) is 47.8 Å². The van der Waals surface area contributed by atoms with Crippen molar-refractivity contribution >= 4 is 39.7 Å². The van der Waals surface area contributed by atoms with Crippen LogP contribution >= 0.6 is 11.3 Å². The Morgan fingerprint density at radius 1 is 1.00 bits per heavy atom. The molecular weight excluding hydrogens is 480 g/mol. The lowest BCUT2D eigenvalue weighted by Gasteiger charge is -2.22. The molecule has 0 radical (unpaired) electrons. The molecule has 0 saturated heterocycles. The number of carbonyl (C=O) groups is 2. The van der Waals surface area contributed by atoms with Gasteiger partial charge in [-0.05, 0) is 58.7 Å². The van der Waals surface area contributed by atoms with Crippen LogP contribution in [0.3, 0.4) is 0 Å². The third kappa shape index (κ3) is 4.69. The van der Waals surface area contributed by atoms with Crippen LogP contribution in [-0.2, 0) is 22.4 Å². The number of fused-ring (bicyclic) bond motifs is 2. The summed E-state index contributed by atoms with van der Waals surface area (Å²) in [6.07, 6.45) is 3.56. The number of carbonyl (C=O) groups excluding carboxylic acids is 2. The largest absolute Gasteiger partial charge is 0.452 e. The number of amides is 1. The lowest BCUT2D eigenvalue weighted by molar-refractivity contribution is -0.136. The van der Waals surface area contributed by atoms with Crippen LogP contribution in [0.25, 0.3) is 10.8 Å². The quantitative estimate of drug-likeness (QED) is 0.287. The van der Waals surface area contributed by atoms with Gasteiger partial charge in [0.25, 0.3) is 5.91 Å². The summed E-state index contributed by atoms with van der Waals surface area (Å²) >= 11 is 1.62. The van der Waals surface area contributed by atoms with Gasteiger partial charge in [-0.25, -0.2) is 9.80 Å². The zero-order chi connectivity index (χ0) is 25.4. The first-order valence-corrected chi connectivity index (χ1v) is 13.6. The molecule has 6 rings (SSSR count). The monoisotopic (exact) mass is 508 g/mol. The third-order valence-corrected chi connectivity index (χ3v) is 8.43. The third-order valence-electron chi connectivity index (χ3n) is 7.38. The minimum atomic E-state index is -0.422.